The van der Waals surface area contributed by atoms with E-state index in [4.69, 9.17) is 16.3 Å². The van der Waals surface area contributed by atoms with Crippen molar-refractivity contribution in [3.05, 3.63) is 59.6 Å². The maximum atomic E-state index is 14.2. The number of halogens is 1. The van der Waals surface area contributed by atoms with Gasteiger partial charge < -0.3 is 20.1 Å². The van der Waals surface area contributed by atoms with Crippen molar-refractivity contribution in [2.45, 2.75) is 34.1 Å². The molecule has 0 radical (unpaired) electrons. The fourth-order valence-corrected chi connectivity index (χ4v) is 9.48. The van der Waals surface area contributed by atoms with Gasteiger partial charge in [-0.05, 0) is 62.3 Å². The zero-order valence-corrected chi connectivity index (χ0v) is 23.2. The number of rotatable bonds is 5. The Hall–Kier alpha value is -2.52. The summed E-state index contributed by atoms with van der Waals surface area (Å²) in [4.78, 5) is 14.7. The number of ether oxygens (including phenoxy) is 1. The molecule has 1 atom stereocenters. The molecule has 14 heteroatoms. The molecule has 1 amide bonds. The Kier molecular flexibility index (Phi) is 6.34. The number of aromatic nitrogens is 1. The number of carbonyl (C=O) groups excluding carboxylic acids is 1. The van der Waals surface area contributed by atoms with Crippen molar-refractivity contribution < 1.29 is 31.5 Å². The number of fused-ring (bicyclic) bond motifs is 2. The molecule has 6 rings (SSSR count). The van der Waals surface area contributed by atoms with Crippen LogP contribution in [-0.4, -0.2) is 91.7 Å². The van der Waals surface area contributed by atoms with Gasteiger partial charge in [0.2, 0.25) is 5.91 Å². The molecule has 2 N–H and O–H groups in total. The predicted octanol–water partition coefficient (Wildman–Crippen LogP) is 1.21. The molecule has 1 aromatic heterocycles. The maximum Gasteiger partial charge on any atom is 0.269 e. The van der Waals surface area contributed by atoms with Gasteiger partial charge in [-0.15, -0.1) is 0 Å². The number of aliphatic hydroxyl groups is 1. The Labute approximate surface area is 231 Å². The van der Waals surface area contributed by atoms with Crippen molar-refractivity contribution in [2.75, 3.05) is 39.3 Å². The van der Waals surface area contributed by atoms with Crippen molar-refractivity contribution in [3.8, 4) is 0 Å². The Morgan fingerprint density at radius 3 is 2.38 bits per heavy atom. The smallest absolute Gasteiger partial charge is 0.269 e. The lowest BCUT2D eigenvalue weighted by atomic mass is 9.92. The van der Waals surface area contributed by atoms with E-state index in [-0.39, 0.29) is 23.5 Å². The monoisotopic (exact) mass is 594 g/mol. The van der Waals surface area contributed by atoms with Gasteiger partial charge >= 0.3 is 0 Å². The summed E-state index contributed by atoms with van der Waals surface area (Å²) < 4.78 is 64.0. The molecule has 3 saturated heterocycles. The zero-order chi connectivity index (χ0) is 27.6. The number of hydrogen-bond acceptors (Lipinski definition) is 8. The highest BCUT2D eigenvalue weighted by atomic mass is 35.5. The topological polar surface area (TPSA) is 138 Å². The van der Waals surface area contributed by atoms with Gasteiger partial charge in [-0.25, -0.2) is 20.8 Å². The van der Waals surface area contributed by atoms with Crippen LogP contribution in [0.15, 0.2) is 64.5 Å². The van der Waals surface area contributed by atoms with Gasteiger partial charge in [-0.3, -0.25) is 4.79 Å². The van der Waals surface area contributed by atoms with Crippen LogP contribution in [0.4, 0.5) is 0 Å². The number of piperazine rings is 1. The first-order valence-corrected chi connectivity index (χ1v) is 15.7. The molecule has 0 saturated carbocycles. The first-order chi connectivity index (χ1) is 18.5. The molecule has 0 bridgehead atoms. The average Bonchev–Trinajstić information content (AvgIpc) is 3.47. The lowest BCUT2D eigenvalue weighted by molar-refractivity contribution is -0.191. The normalized spacial score (nSPS) is 23.9. The lowest BCUT2D eigenvalue weighted by Gasteiger charge is -2.43. The predicted molar refractivity (Wildman–Crippen MR) is 142 cm³/mol. The number of hydrogen-bond donors (Lipinski definition) is 2. The summed E-state index contributed by atoms with van der Waals surface area (Å²) in [7, 11) is -8.97. The second kappa shape index (κ2) is 9.26. The van der Waals surface area contributed by atoms with Gasteiger partial charge in [0.15, 0.2) is 10.8 Å². The summed E-state index contributed by atoms with van der Waals surface area (Å²) in [6.45, 7) is 0.122. The molecule has 2 aromatic carbocycles. The summed E-state index contributed by atoms with van der Waals surface area (Å²) >= 11 is 6.14. The Morgan fingerprint density at radius 1 is 0.974 bits per heavy atom. The maximum absolute atomic E-state index is 14.2. The van der Waals surface area contributed by atoms with Crippen LogP contribution < -0.4 is 5.32 Å². The highest BCUT2D eigenvalue weighted by Crippen LogP contribution is 2.43. The Bertz CT molecular complexity index is 1670. The van der Waals surface area contributed by atoms with Gasteiger partial charge in [-0.1, -0.05) is 29.8 Å². The molecular weight excluding hydrogens is 568 g/mol. The van der Waals surface area contributed by atoms with Crippen LogP contribution in [0.25, 0.3) is 10.9 Å². The van der Waals surface area contributed by atoms with Gasteiger partial charge in [0.25, 0.3) is 20.0 Å². The number of amides is 1. The van der Waals surface area contributed by atoms with Crippen LogP contribution in [0.5, 0.6) is 0 Å². The quantitative estimate of drug-likeness (QED) is 0.449. The number of piperidine rings is 1. The van der Waals surface area contributed by atoms with Gasteiger partial charge in [0, 0.05) is 10.4 Å². The second-order valence-electron chi connectivity index (χ2n) is 10.2. The van der Waals surface area contributed by atoms with Crippen molar-refractivity contribution in [1.29, 1.82) is 0 Å². The summed E-state index contributed by atoms with van der Waals surface area (Å²) in [5, 5.41) is 13.8. The van der Waals surface area contributed by atoms with E-state index in [1.807, 2.05) is 0 Å². The Balaban J connectivity index is 1.47. The van der Waals surface area contributed by atoms with Crippen LogP contribution in [-0.2, 0) is 29.6 Å². The minimum atomic E-state index is -4.60. The van der Waals surface area contributed by atoms with E-state index in [1.165, 1.54) is 41.3 Å². The van der Waals surface area contributed by atoms with Crippen molar-refractivity contribution in [3.63, 3.8) is 0 Å². The first kappa shape index (κ1) is 26.7. The third-order valence-corrected chi connectivity index (χ3v) is 11.6. The van der Waals surface area contributed by atoms with E-state index >= 15 is 0 Å². The van der Waals surface area contributed by atoms with Crippen LogP contribution >= 0.6 is 11.6 Å². The third-order valence-electron chi connectivity index (χ3n) is 7.72. The second-order valence-corrected chi connectivity index (χ2v) is 14.3. The fraction of sp³-hybridized carbons (Fsp3) is 0.400. The summed E-state index contributed by atoms with van der Waals surface area (Å²) in [5.74, 6) is -0.522. The molecule has 39 heavy (non-hydrogen) atoms. The molecule has 208 valence electrons. The molecule has 3 fully saturated rings. The third kappa shape index (κ3) is 4.19. The van der Waals surface area contributed by atoms with E-state index in [2.05, 4.69) is 5.32 Å². The van der Waals surface area contributed by atoms with E-state index < -0.39 is 55.5 Å². The number of benzene rings is 2. The lowest BCUT2D eigenvalue weighted by Crippen LogP contribution is -2.65. The number of carbonyl (C=O) groups is 1. The molecular formula is C25H27ClN4O7S2. The molecule has 1 spiro atoms. The molecule has 1 unspecified atom stereocenters. The van der Waals surface area contributed by atoms with Gasteiger partial charge in [-0.2, -0.15) is 4.31 Å². The summed E-state index contributed by atoms with van der Waals surface area (Å²) in [6.07, 6.45) is 1.21. The van der Waals surface area contributed by atoms with Crippen molar-refractivity contribution >= 4 is 48.5 Å². The van der Waals surface area contributed by atoms with Gasteiger partial charge in [0.1, 0.15) is 0 Å². The minimum absolute atomic E-state index is 0.103. The number of aliphatic hydroxyl groups excluding tert-OH is 1. The van der Waals surface area contributed by atoms with Gasteiger partial charge in [0.05, 0.1) is 42.3 Å². The highest BCUT2D eigenvalue weighted by Gasteiger charge is 2.60. The van der Waals surface area contributed by atoms with Crippen LogP contribution in [0.1, 0.15) is 12.8 Å². The number of nitrogens with zero attached hydrogens (tertiary/aromatic N) is 3. The largest absolute Gasteiger partial charge is 0.391 e. The molecule has 0 aliphatic carbocycles. The van der Waals surface area contributed by atoms with E-state index in [9.17, 15) is 26.7 Å². The van der Waals surface area contributed by atoms with E-state index in [0.29, 0.717) is 36.3 Å². The molecule has 4 heterocycles. The zero-order valence-electron chi connectivity index (χ0n) is 20.8. The number of nitrogens with one attached hydrogen (secondary N) is 1. The van der Waals surface area contributed by atoms with E-state index in [0.717, 1.165) is 8.28 Å². The summed E-state index contributed by atoms with van der Waals surface area (Å²) in [5.41, 5.74) is -2.14. The Morgan fingerprint density at radius 2 is 1.69 bits per heavy atom. The summed E-state index contributed by atoms with van der Waals surface area (Å²) in [6, 6.07) is 13.1. The molecule has 3 aromatic rings. The van der Waals surface area contributed by atoms with Crippen LogP contribution in [0.3, 0.4) is 0 Å². The molecule has 11 nitrogen and oxygen atoms in total. The highest BCUT2D eigenvalue weighted by molar-refractivity contribution is 7.92. The first-order valence-electron chi connectivity index (χ1n) is 12.5. The van der Waals surface area contributed by atoms with Crippen LogP contribution in [0, 0.1) is 0 Å². The average molecular weight is 595 g/mol. The van der Waals surface area contributed by atoms with Crippen molar-refractivity contribution in [2.24, 2.45) is 0 Å². The fourth-order valence-electron chi connectivity index (χ4n) is 5.80. The number of sulfonamides is 1. The van der Waals surface area contributed by atoms with Crippen LogP contribution in [0.2, 0.25) is 5.02 Å². The standard InChI is InChI=1S/C25H27ClN4O7S2/c26-19-6-7-21-18(12-19)13-23(30(21)38(33,34)20-4-2-1-3-5-20)39(35,36)28-14-22(32)29-15-24(8-10-27-11-9-24)37-25(29,16-28)17-31/h1-7,12-13,27,31H,8-11,14-17H2. The van der Waals surface area contributed by atoms with Crippen molar-refractivity contribution in [1.82, 2.24) is 18.5 Å². The molecule has 3 aliphatic heterocycles. The van der Waals surface area contributed by atoms with E-state index in [1.54, 1.807) is 18.2 Å². The SMILES string of the molecule is O=C1CN(S(=O)(=O)c2cc3cc(Cl)ccc3n2S(=O)(=O)c2ccccc2)CC2(CO)OC3(CCNCC3)CN12. The minimum Gasteiger partial charge on any atom is -0.391 e. The molecule has 3 aliphatic rings.